The second-order valence-electron chi connectivity index (χ2n) is 11.8. The zero-order valence-electron chi connectivity index (χ0n) is 25.5. The van der Waals surface area contributed by atoms with Crippen LogP contribution >= 0.6 is 0 Å². The van der Waals surface area contributed by atoms with Crippen LogP contribution in [0, 0.1) is 0 Å². The van der Waals surface area contributed by atoms with E-state index in [9.17, 15) is 0 Å². The first kappa shape index (κ1) is 27.0. The Balaban J connectivity index is 1.21. The molecule has 0 aliphatic carbocycles. The van der Waals surface area contributed by atoms with E-state index in [1.807, 2.05) is 48.5 Å². The van der Waals surface area contributed by atoms with Crippen molar-refractivity contribution in [2.75, 3.05) is 0 Å². The molecule has 0 aliphatic rings. The lowest BCUT2D eigenvalue weighted by Crippen LogP contribution is -1.96. The maximum absolute atomic E-state index is 6.59. The van der Waals surface area contributed by atoms with E-state index < -0.39 is 0 Å². The Hall–Kier alpha value is -6.32. The van der Waals surface area contributed by atoms with Gasteiger partial charge in [0, 0.05) is 38.4 Å². The normalized spacial score (nSPS) is 11.4. The summed E-state index contributed by atoms with van der Waals surface area (Å²) in [6.45, 7) is 0. The zero-order valence-corrected chi connectivity index (χ0v) is 25.5. The second-order valence-corrected chi connectivity index (χ2v) is 11.8. The number of aromatic nitrogens is 2. The Labute approximate surface area is 272 Å². The van der Waals surface area contributed by atoms with Gasteiger partial charge in [0.15, 0.2) is 5.82 Å². The van der Waals surface area contributed by atoms with Gasteiger partial charge in [-0.3, -0.25) is 0 Å². The van der Waals surface area contributed by atoms with Gasteiger partial charge in [-0.05, 0) is 40.3 Å². The van der Waals surface area contributed by atoms with Gasteiger partial charge in [0.2, 0.25) is 0 Å². The molecule has 9 rings (SSSR count). The number of hydrogen-bond donors (Lipinski definition) is 0. The molecule has 2 heterocycles. The largest absolute Gasteiger partial charge is 0.455 e. The molecule has 2 aromatic heterocycles. The lowest BCUT2D eigenvalue weighted by molar-refractivity contribution is 0.670. The third kappa shape index (κ3) is 4.77. The molecule has 0 aliphatic heterocycles. The van der Waals surface area contributed by atoms with Crippen molar-refractivity contribution in [3.05, 3.63) is 170 Å². The third-order valence-corrected chi connectivity index (χ3v) is 8.89. The molecule has 0 amide bonds. The summed E-state index contributed by atoms with van der Waals surface area (Å²) in [5.41, 5.74) is 11.2. The molecule has 0 fully saturated rings. The second kappa shape index (κ2) is 11.2. The highest BCUT2D eigenvalue weighted by molar-refractivity contribution is 6.26. The van der Waals surface area contributed by atoms with Gasteiger partial charge in [-0.25, -0.2) is 9.97 Å². The Morgan fingerprint density at radius 2 is 0.936 bits per heavy atom. The molecule has 3 heteroatoms. The molecule has 47 heavy (non-hydrogen) atoms. The summed E-state index contributed by atoms with van der Waals surface area (Å²) in [4.78, 5) is 10.1. The minimum Gasteiger partial charge on any atom is -0.455 e. The maximum Gasteiger partial charge on any atom is 0.160 e. The predicted molar refractivity (Wildman–Crippen MR) is 194 cm³/mol. The number of nitrogens with zero attached hydrogens (tertiary/aromatic N) is 2. The van der Waals surface area contributed by atoms with Crippen LogP contribution in [0.4, 0.5) is 0 Å². The van der Waals surface area contributed by atoms with Gasteiger partial charge in [0.1, 0.15) is 11.2 Å². The molecule has 0 N–H and O–H groups in total. The van der Waals surface area contributed by atoms with Crippen molar-refractivity contribution < 1.29 is 4.42 Å². The van der Waals surface area contributed by atoms with E-state index in [0.717, 1.165) is 72.3 Å². The molecule has 0 atom stereocenters. The monoisotopic (exact) mass is 600 g/mol. The van der Waals surface area contributed by atoms with Crippen LogP contribution in [-0.4, -0.2) is 9.97 Å². The van der Waals surface area contributed by atoms with E-state index in [2.05, 4.69) is 121 Å². The van der Waals surface area contributed by atoms with E-state index in [-0.39, 0.29) is 0 Å². The number of rotatable bonds is 5. The van der Waals surface area contributed by atoms with Crippen LogP contribution in [0.25, 0.3) is 88.9 Å². The first-order valence-corrected chi connectivity index (χ1v) is 15.8. The van der Waals surface area contributed by atoms with Gasteiger partial charge in [0.25, 0.3) is 0 Å². The van der Waals surface area contributed by atoms with Crippen LogP contribution in [0.2, 0.25) is 0 Å². The van der Waals surface area contributed by atoms with Gasteiger partial charge in [-0.15, -0.1) is 0 Å². The van der Waals surface area contributed by atoms with E-state index in [1.165, 1.54) is 10.8 Å². The van der Waals surface area contributed by atoms with E-state index >= 15 is 0 Å². The van der Waals surface area contributed by atoms with Crippen molar-refractivity contribution in [2.45, 2.75) is 0 Å². The van der Waals surface area contributed by atoms with Crippen LogP contribution in [0.5, 0.6) is 0 Å². The third-order valence-electron chi connectivity index (χ3n) is 8.89. The molecule has 0 saturated carbocycles. The van der Waals surface area contributed by atoms with E-state index in [4.69, 9.17) is 14.4 Å². The molecular weight excluding hydrogens is 572 g/mol. The molecular formula is C44H28N2O. The Kier molecular flexibility index (Phi) is 6.46. The van der Waals surface area contributed by atoms with Crippen LogP contribution in [0.15, 0.2) is 174 Å². The fourth-order valence-corrected chi connectivity index (χ4v) is 6.64. The molecule has 220 valence electrons. The summed E-state index contributed by atoms with van der Waals surface area (Å²) in [6.07, 6.45) is 0. The molecule has 7 aromatic carbocycles. The Morgan fingerprint density at radius 3 is 1.60 bits per heavy atom. The molecule has 0 radical (unpaired) electrons. The van der Waals surface area contributed by atoms with Crippen LogP contribution < -0.4 is 0 Å². The highest BCUT2D eigenvalue weighted by Crippen LogP contribution is 2.44. The van der Waals surface area contributed by atoms with Crippen molar-refractivity contribution in [2.24, 2.45) is 0 Å². The summed E-state index contributed by atoms with van der Waals surface area (Å²) in [6, 6.07) is 59.0. The summed E-state index contributed by atoms with van der Waals surface area (Å²) >= 11 is 0. The topological polar surface area (TPSA) is 38.9 Å². The number of benzene rings is 7. The number of hydrogen-bond acceptors (Lipinski definition) is 3. The SMILES string of the molecule is c1ccc(-c2cc(-c3ccccc3)nc(-c3ccc(-c4cccc5cc(-c6ccccc6)c6oc7ccccc7c6c45)cc3)n2)cc1. The molecule has 0 unspecified atom stereocenters. The van der Waals surface area contributed by atoms with Crippen molar-refractivity contribution in [1.29, 1.82) is 0 Å². The van der Waals surface area contributed by atoms with Gasteiger partial charge < -0.3 is 4.42 Å². The van der Waals surface area contributed by atoms with Crippen LogP contribution in [0.1, 0.15) is 0 Å². The highest BCUT2D eigenvalue weighted by Gasteiger charge is 2.19. The zero-order chi connectivity index (χ0) is 31.2. The Morgan fingerprint density at radius 1 is 0.383 bits per heavy atom. The van der Waals surface area contributed by atoms with E-state index in [1.54, 1.807) is 0 Å². The van der Waals surface area contributed by atoms with Crippen molar-refractivity contribution in [3.63, 3.8) is 0 Å². The number of fused-ring (bicyclic) bond motifs is 5. The summed E-state index contributed by atoms with van der Waals surface area (Å²) < 4.78 is 6.59. The first-order valence-electron chi connectivity index (χ1n) is 15.8. The predicted octanol–water partition coefficient (Wildman–Crippen LogP) is 11.9. The molecule has 3 nitrogen and oxygen atoms in total. The van der Waals surface area contributed by atoms with Crippen LogP contribution in [0.3, 0.4) is 0 Å². The average Bonchev–Trinajstić information content (AvgIpc) is 3.55. The molecule has 0 bridgehead atoms. The summed E-state index contributed by atoms with van der Waals surface area (Å²) in [5.74, 6) is 0.699. The lowest BCUT2D eigenvalue weighted by atomic mass is 9.91. The fraction of sp³-hybridized carbons (Fsp3) is 0. The standard InChI is InChI=1S/C44H28N2O/c1-4-13-29(14-5-1)37-27-34-19-12-21-35(41(34)42-36-20-10-11-22-40(36)47-43(37)42)30-23-25-33(26-24-30)44-45-38(31-15-6-2-7-16-31)28-39(46-44)32-17-8-3-9-18-32/h1-28H. The smallest absolute Gasteiger partial charge is 0.160 e. The van der Waals surface area contributed by atoms with Crippen molar-refractivity contribution in [3.8, 4) is 56.2 Å². The van der Waals surface area contributed by atoms with Gasteiger partial charge in [0.05, 0.1) is 11.4 Å². The average molecular weight is 601 g/mol. The van der Waals surface area contributed by atoms with Crippen molar-refractivity contribution >= 4 is 32.7 Å². The summed E-state index contributed by atoms with van der Waals surface area (Å²) in [5, 5.41) is 4.63. The quantitative estimate of drug-likeness (QED) is 0.197. The van der Waals surface area contributed by atoms with Crippen molar-refractivity contribution in [1.82, 2.24) is 9.97 Å². The minimum atomic E-state index is 0.699. The van der Waals surface area contributed by atoms with Gasteiger partial charge >= 0.3 is 0 Å². The molecule has 0 saturated heterocycles. The van der Waals surface area contributed by atoms with Crippen LogP contribution in [-0.2, 0) is 0 Å². The number of furan rings is 1. The first-order chi connectivity index (χ1) is 23.3. The van der Waals surface area contributed by atoms with E-state index in [0.29, 0.717) is 5.82 Å². The summed E-state index contributed by atoms with van der Waals surface area (Å²) in [7, 11) is 0. The fourth-order valence-electron chi connectivity index (χ4n) is 6.64. The van der Waals surface area contributed by atoms with Gasteiger partial charge in [-0.1, -0.05) is 152 Å². The number of para-hydroxylation sites is 1. The Bertz CT molecular complexity index is 2480. The molecule has 9 aromatic rings. The van der Waals surface area contributed by atoms with Gasteiger partial charge in [-0.2, -0.15) is 0 Å². The maximum atomic E-state index is 6.59. The lowest BCUT2D eigenvalue weighted by Gasteiger charge is -2.13. The highest BCUT2D eigenvalue weighted by atomic mass is 16.3. The minimum absolute atomic E-state index is 0.699. The molecule has 0 spiro atoms.